The smallest absolute Gasteiger partial charge is 0.261 e. The van der Waals surface area contributed by atoms with Crippen molar-refractivity contribution < 1.29 is 17.6 Å². The van der Waals surface area contributed by atoms with Gasteiger partial charge in [0.15, 0.2) is 0 Å². The van der Waals surface area contributed by atoms with Gasteiger partial charge in [-0.2, -0.15) is 0 Å². The monoisotopic (exact) mass is 395 g/mol. The average molecular weight is 396 g/mol. The van der Waals surface area contributed by atoms with Crippen LogP contribution in [0.4, 0.5) is 23.2 Å². The third-order valence-corrected chi connectivity index (χ3v) is 4.82. The first kappa shape index (κ1) is 17.0. The lowest BCUT2D eigenvalue weighted by molar-refractivity contribution is -0.0221. The number of piperidine rings is 1. The molecule has 0 spiro atoms. The van der Waals surface area contributed by atoms with E-state index in [0.717, 1.165) is 5.69 Å². The third kappa shape index (κ3) is 4.15. The minimum atomic E-state index is -2.65. The molecule has 8 heteroatoms. The van der Waals surface area contributed by atoms with E-state index in [2.05, 4.69) is 20.9 Å². The molecule has 2 aliphatic heterocycles. The molecule has 2 saturated heterocycles. The van der Waals surface area contributed by atoms with Crippen molar-refractivity contribution >= 4 is 21.6 Å². The van der Waals surface area contributed by atoms with Gasteiger partial charge in [-0.1, -0.05) is 0 Å². The molecular weight excluding hydrogens is 378 g/mol. The van der Waals surface area contributed by atoms with Gasteiger partial charge in [-0.25, -0.2) is 22.5 Å². The lowest BCUT2D eigenvalue weighted by atomic mass is 10.1. The normalized spacial score (nSPS) is 24.1. The Balaban J connectivity index is 1.76. The number of anilines is 1. The van der Waals surface area contributed by atoms with Gasteiger partial charge in [0.2, 0.25) is 0 Å². The maximum absolute atomic E-state index is 13.4. The molecule has 2 aliphatic rings. The highest BCUT2D eigenvalue weighted by Crippen LogP contribution is 2.34. The van der Waals surface area contributed by atoms with Crippen LogP contribution in [0.5, 0.6) is 0 Å². The van der Waals surface area contributed by atoms with Crippen LogP contribution in [0.2, 0.25) is 0 Å². The maximum atomic E-state index is 13.4. The van der Waals surface area contributed by atoms with Gasteiger partial charge in [-0.3, -0.25) is 4.90 Å². The van der Waals surface area contributed by atoms with E-state index in [1.807, 2.05) is 11.0 Å². The Hall–Kier alpha value is -0.890. The molecule has 0 aliphatic carbocycles. The highest BCUT2D eigenvalue weighted by Gasteiger charge is 2.39. The second-order valence-corrected chi connectivity index (χ2v) is 7.07. The molecule has 2 fully saturated rings. The first-order chi connectivity index (χ1) is 10.7. The Morgan fingerprint density at radius 2 is 1.65 bits per heavy atom. The number of hydrogen-bond donors (Lipinski definition) is 0. The van der Waals surface area contributed by atoms with Crippen molar-refractivity contribution in [1.82, 2.24) is 9.88 Å². The number of aromatic nitrogens is 1. The van der Waals surface area contributed by atoms with Crippen molar-refractivity contribution in [2.75, 3.05) is 31.1 Å². The van der Waals surface area contributed by atoms with Gasteiger partial charge in [-0.05, 0) is 28.1 Å². The Labute approximate surface area is 140 Å². The molecule has 128 valence electrons. The zero-order valence-electron chi connectivity index (χ0n) is 12.5. The lowest BCUT2D eigenvalue weighted by Gasteiger charge is -2.34. The fourth-order valence-corrected chi connectivity index (χ4v) is 3.45. The van der Waals surface area contributed by atoms with E-state index in [-0.39, 0.29) is 38.9 Å². The van der Waals surface area contributed by atoms with Gasteiger partial charge < -0.3 is 4.90 Å². The summed E-state index contributed by atoms with van der Waals surface area (Å²) in [6, 6.07) is 3.58. The second kappa shape index (κ2) is 6.20. The van der Waals surface area contributed by atoms with Crippen molar-refractivity contribution in [2.45, 2.75) is 37.7 Å². The Bertz CT molecular complexity index is 572. The highest BCUT2D eigenvalue weighted by molar-refractivity contribution is 9.10. The van der Waals surface area contributed by atoms with Crippen molar-refractivity contribution in [3.05, 3.63) is 22.4 Å². The quantitative estimate of drug-likeness (QED) is 0.571. The number of likely N-dealkylation sites (tertiary alicyclic amines) is 1. The predicted octanol–water partition coefficient (Wildman–Crippen LogP) is 3.92. The molecule has 1 aromatic heterocycles. The van der Waals surface area contributed by atoms with Crippen molar-refractivity contribution in [1.29, 1.82) is 0 Å². The highest BCUT2D eigenvalue weighted by atomic mass is 79.9. The van der Waals surface area contributed by atoms with E-state index < -0.39 is 11.8 Å². The number of hydrogen-bond acceptors (Lipinski definition) is 3. The molecule has 0 saturated carbocycles. The number of halogens is 5. The zero-order chi connectivity index (χ0) is 16.7. The van der Waals surface area contributed by atoms with Gasteiger partial charge in [0.05, 0.1) is 17.9 Å². The summed E-state index contributed by atoms with van der Waals surface area (Å²) in [4.78, 5) is 7.94. The summed E-state index contributed by atoms with van der Waals surface area (Å²) in [5, 5.41) is 0. The van der Waals surface area contributed by atoms with Gasteiger partial charge in [0.1, 0.15) is 4.60 Å². The van der Waals surface area contributed by atoms with Crippen molar-refractivity contribution in [3.63, 3.8) is 0 Å². The van der Waals surface area contributed by atoms with E-state index in [9.17, 15) is 17.6 Å². The molecule has 0 amide bonds. The van der Waals surface area contributed by atoms with E-state index in [1.54, 1.807) is 11.0 Å². The Morgan fingerprint density at radius 1 is 1.00 bits per heavy atom. The van der Waals surface area contributed by atoms with Crippen LogP contribution >= 0.6 is 15.9 Å². The second-order valence-electron chi connectivity index (χ2n) is 6.26. The summed E-state index contributed by atoms with van der Waals surface area (Å²) >= 11 is 3.29. The summed E-state index contributed by atoms with van der Waals surface area (Å²) in [6.45, 7) is 0.841. The average Bonchev–Trinajstić information content (AvgIpc) is 2.79. The summed E-state index contributed by atoms with van der Waals surface area (Å²) in [5.74, 6) is -5.27. The molecule has 0 N–H and O–H groups in total. The van der Waals surface area contributed by atoms with Crippen molar-refractivity contribution in [3.8, 4) is 0 Å². The first-order valence-electron chi connectivity index (χ1n) is 7.63. The van der Waals surface area contributed by atoms with E-state index in [1.165, 1.54) is 0 Å². The van der Waals surface area contributed by atoms with Gasteiger partial charge in [0, 0.05) is 45.4 Å². The molecule has 3 heterocycles. The topological polar surface area (TPSA) is 19.4 Å². The Morgan fingerprint density at radius 3 is 2.26 bits per heavy atom. The lowest BCUT2D eigenvalue weighted by Crippen LogP contribution is -2.40. The van der Waals surface area contributed by atoms with Crippen LogP contribution in [0, 0.1) is 0 Å². The van der Waals surface area contributed by atoms with Crippen LogP contribution in [0.1, 0.15) is 25.0 Å². The van der Waals surface area contributed by atoms with Crippen LogP contribution < -0.4 is 4.90 Å². The van der Waals surface area contributed by atoms with E-state index in [4.69, 9.17) is 0 Å². The minimum Gasteiger partial charge on any atom is -0.370 e. The summed E-state index contributed by atoms with van der Waals surface area (Å²) in [7, 11) is 0. The molecule has 3 nitrogen and oxygen atoms in total. The molecule has 0 radical (unpaired) electrons. The number of pyridine rings is 1. The molecule has 23 heavy (non-hydrogen) atoms. The SMILES string of the molecule is FC1(F)CCN(c2ccc(Br)nc2CN2CCC(F)(F)C2)CC1. The van der Waals surface area contributed by atoms with E-state index >= 15 is 0 Å². The van der Waals surface area contributed by atoms with Gasteiger partial charge in [-0.15, -0.1) is 0 Å². The Kier molecular flexibility index (Phi) is 4.57. The number of rotatable bonds is 3. The third-order valence-electron chi connectivity index (χ3n) is 4.37. The molecule has 1 aromatic rings. The van der Waals surface area contributed by atoms with Crippen LogP contribution in [0.3, 0.4) is 0 Å². The molecule has 0 unspecified atom stereocenters. The zero-order valence-corrected chi connectivity index (χ0v) is 14.1. The van der Waals surface area contributed by atoms with Crippen LogP contribution in [0.15, 0.2) is 16.7 Å². The van der Waals surface area contributed by atoms with Crippen molar-refractivity contribution in [2.24, 2.45) is 0 Å². The molecule has 3 rings (SSSR count). The maximum Gasteiger partial charge on any atom is 0.261 e. The summed E-state index contributed by atoms with van der Waals surface area (Å²) < 4.78 is 54.0. The first-order valence-corrected chi connectivity index (χ1v) is 8.42. The number of alkyl halides is 4. The largest absolute Gasteiger partial charge is 0.370 e. The summed E-state index contributed by atoms with van der Waals surface area (Å²) in [5.41, 5.74) is 1.42. The van der Waals surface area contributed by atoms with Crippen LogP contribution in [-0.4, -0.2) is 47.9 Å². The minimum absolute atomic E-state index is 0.147. The standard InChI is InChI=1S/C15H18BrF4N3/c16-13-2-1-12(23-7-4-14(17,18)5-8-23)11(21-13)9-22-6-3-15(19,20)10-22/h1-2H,3-10H2. The predicted molar refractivity (Wildman–Crippen MR) is 83.2 cm³/mol. The molecule has 0 atom stereocenters. The molecule has 0 bridgehead atoms. The van der Waals surface area contributed by atoms with Gasteiger partial charge >= 0.3 is 0 Å². The van der Waals surface area contributed by atoms with E-state index in [0.29, 0.717) is 23.4 Å². The fraction of sp³-hybridized carbons (Fsp3) is 0.667. The fourth-order valence-electron chi connectivity index (χ4n) is 3.10. The molecular formula is C15H18BrF4N3. The van der Waals surface area contributed by atoms with Crippen LogP contribution in [0.25, 0.3) is 0 Å². The number of nitrogens with zero attached hydrogens (tertiary/aromatic N) is 3. The molecule has 0 aromatic carbocycles. The van der Waals surface area contributed by atoms with Gasteiger partial charge in [0.25, 0.3) is 11.8 Å². The summed E-state index contributed by atoms with van der Waals surface area (Å²) in [6.07, 6.45) is -0.527. The van der Waals surface area contributed by atoms with Crippen LogP contribution in [-0.2, 0) is 6.54 Å².